The number of aliphatic hydroxyl groups is 1. The topological polar surface area (TPSA) is 50.7 Å². The maximum absolute atomic E-state index is 8.82. The van der Waals surface area contributed by atoms with Crippen molar-refractivity contribution in [3.8, 4) is 11.5 Å². The van der Waals surface area contributed by atoms with Crippen molar-refractivity contribution in [2.75, 3.05) is 20.3 Å². The molecule has 0 spiro atoms. The Morgan fingerprint density at radius 3 is 2.57 bits per heavy atom. The van der Waals surface area contributed by atoms with Gasteiger partial charge in [0.25, 0.3) is 0 Å². The molecule has 0 radical (unpaired) electrons. The van der Waals surface area contributed by atoms with Gasteiger partial charge in [-0.15, -0.1) is 0 Å². The standard InChI is InChI=1S/C17H27NO3/c1-20-17-12-14(8-9-16(17)21-11-10-19)13-18-15-6-4-2-3-5-7-15/h8-9,12,15,18-19H,2-7,10-11,13H2,1H3. The number of ether oxygens (including phenoxy) is 2. The number of aliphatic hydroxyl groups excluding tert-OH is 1. The summed E-state index contributed by atoms with van der Waals surface area (Å²) in [6.45, 7) is 1.16. The highest BCUT2D eigenvalue weighted by atomic mass is 16.5. The second-order valence-electron chi connectivity index (χ2n) is 5.63. The van der Waals surface area contributed by atoms with Gasteiger partial charge in [-0.1, -0.05) is 31.7 Å². The molecular weight excluding hydrogens is 266 g/mol. The van der Waals surface area contributed by atoms with Crippen molar-refractivity contribution in [3.63, 3.8) is 0 Å². The molecule has 4 heteroatoms. The van der Waals surface area contributed by atoms with E-state index in [-0.39, 0.29) is 13.2 Å². The van der Waals surface area contributed by atoms with Crippen LogP contribution in [0.4, 0.5) is 0 Å². The molecule has 1 aromatic rings. The normalized spacial score (nSPS) is 16.5. The van der Waals surface area contributed by atoms with Crippen LogP contribution in [0, 0.1) is 0 Å². The van der Waals surface area contributed by atoms with Gasteiger partial charge in [0.15, 0.2) is 11.5 Å². The van der Waals surface area contributed by atoms with E-state index in [0.29, 0.717) is 11.8 Å². The number of benzene rings is 1. The fourth-order valence-electron chi connectivity index (χ4n) is 2.84. The average Bonchev–Trinajstić information content (AvgIpc) is 2.80. The highest BCUT2D eigenvalue weighted by Crippen LogP contribution is 2.28. The second kappa shape index (κ2) is 8.90. The molecule has 0 aliphatic heterocycles. The van der Waals surface area contributed by atoms with Gasteiger partial charge in [0.1, 0.15) is 6.61 Å². The molecule has 0 atom stereocenters. The summed E-state index contributed by atoms with van der Waals surface area (Å²) in [7, 11) is 1.64. The highest BCUT2D eigenvalue weighted by Gasteiger charge is 2.12. The van der Waals surface area contributed by atoms with Gasteiger partial charge in [0, 0.05) is 12.6 Å². The minimum atomic E-state index is 0.00808. The molecular formula is C17H27NO3. The van der Waals surface area contributed by atoms with Crippen LogP contribution in [0.3, 0.4) is 0 Å². The molecule has 0 aromatic heterocycles. The zero-order chi connectivity index (χ0) is 14.9. The van der Waals surface area contributed by atoms with Crippen molar-refractivity contribution in [3.05, 3.63) is 23.8 Å². The lowest BCUT2D eigenvalue weighted by Crippen LogP contribution is -2.27. The van der Waals surface area contributed by atoms with E-state index in [4.69, 9.17) is 14.6 Å². The first-order valence-corrected chi connectivity index (χ1v) is 7.97. The van der Waals surface area contributed by atoms with Gasteiger partial charge in [0.2, 0.25) is 0 Å². The van der Waals surface area contributed by atoms with Gasteiger partial charge in [-0.25, -0.2) is 0 Å². The Bertz CT molecular complexity index is 414. The summed E-state index contributed by atoms with van der Waals surface area (Å²) in [6.07, 6.45) is 8.01. The van der Waals surface area contributed by atoms with E-state index in [2.05, 4.69) is 11.4 Å². The third kappa shape index (κ3) is 5.21. The quantitative estimate of drug-likeness (QED) is 0.759. The van der Waals surface area contributed by atoms with Gasteiger partial charge in [-0.2, -0.15) is 0 Å². The predicted molar refractivity (Wildman–Crippen MR) is 83.9 cm³/mol. The number of rotatable bonds is 7. The third-order valence-electron chi connectivity index (χ3n) is 4.03. The van der Waals surface area contributed by atoms with Gasteiger partial charge in [-0.05, 0) is 30.5 Å². The van der Waals surface area contributed by atoms with Crippen LogP contribution in [0.5, 0.6) is 11.5 Å². The Kier molecular flexibility index (Phi) is 6.83. The Morgan fingerprint density at radius 2 is 1.90 bits per heavy atom. The molecule has 2 rings (SSSR count). The van der Waals surface area contributed by atoms with E-state index in [1.165, 1.54) is 44.1 Å². The summed E-state index contributed by atoms with van der Waals surface area (Å²) in [4.78, 5) is 0. The lowest BCUT2D eigenvalue weighted by atomic mass is 10.1. The maximum Gasteiger partial charge on any atom is 0.161 e. The van der Waals surface area contributed by atoms with Crippen LogP contribution < -0.4 is 14.8 Å². The van der Waals surface area contributed by atoms with E-state index in [1.807, 2.05) is 12.1 Å². The van der Waals surface area contributed by atoms with E-state index in [0.717, 1.165) is 12.3 Å². The zero-order valence-electron chi connectivity index (χ0n) is 12.9. The summed E-state index contributed by atoms with van der Waals surface area (Å²) in [5.41, 5.74) is 1.20. The minimum absolute atomic E-state index is 0.00808. The molecule has 0 bridgehead atoms. The molecule has 0 saturated heterocycles. The summed E-state index contributed by atoms with van der Waals surface area (Å²) >= 11 is 0. The first-order valence-electron chi connectivity index (χ1n) is 7.97. The van der Waals surface area contributed by atoms with E-state index in [9.17, 15) is 0 Å². The van der Waals surface area contributed by atoms with Crippen molar-refractivity contribution in [2.45, 2.75) is 51.1 Å². The van der Waals surface area contributed by atoms with Crippen molar-refractivity contribution >= 4 is 0 Å². The molecule has 2 N–H and O–H groups in total. The molecule has 118 valence electrons. The summed E-state index contributed by atoms with van der Waals surface area (Å²) in [5, 5.41) is 12.5. The second-order valence-corrected chi connectivity index (χ2v) is 5.63. The van der Waals surface area contributed by atoms with Gasteiger partial charge in [-0.3, -0.25) is 0 Å². The molecule has 4 nitrogen and oxygen atoms in total. The van der Waals surface area contributed by atoms with Gasteiger partial charge >= 0.3 is 0 Å². The highest BCUT2D eigenvalue weighted by molar-refractivity contribution is 5.42. The summed E-state index contributed by atoms with van der Waals surface area (Å²) < 4.78 is 10.8. The number of nitrogens with one attached hydrogen (secondary N) is 1. The third-order valence-corrected chi connectivity index (χ3v) is 4.03. The molecule has 1 aliphatic carbocycles. The lowest BCUT2D eigenvalue weighted by molar-refractivity contribution is 0.196. The first-order chi connectivity index (χ1) is 10.3. The molecule has 0 heterocycles. The Morgan fingerprint density at radius 1 is 1.14 bits per heavy atom. The van der Waals surface area contributed by atoms with Crippen molar-refractivity contribution < 1.29 is 14.6 Å². The molecule has 1 aromatic carbocycles. The summed E-state index contributed by atoms with van der Waals surface area (Å²) in [5.74, 6) is 1.41. The van der Waals surface area contributed by atoms with E-state index in [1.54, 1.807) is 7.11 Å². The van der Waals surface area contributed by atoms with Gasteiger partial charge in [0.05, 0.1) is 13.7 Å². The fraction of sp³-hybridized carbons (Fsp3) is 0.647. The minimum Gasteiger partial charge on any atom is -0.493 e. The zero-order valence-corrected chi connectivity index (χ0v) is 12.9. The monoisotopic (exact) mass is 293 g/mol. The molecule has 0 unspecified atom stereocenters. The molecule has 1 fully saturated rings. The number of methoxy groups -OCH3 is 1. The predicted octanol–water partition coefficient (Wildman–Crippen LogP) is 2.88. The van der Waals surface area contributed by atoms with Crippen LogP contribution in [-0.2, 0) is 6.54 Å². The van der Waals surface area contributed by atoms with Crippen LogP contribution in [0.1, 0.15) is 44.1 Å². The Labute approximate surface area is 127 Å². The van der Waals surface area contributed by atoms with Crippen LogP contribution in [0.15, 0.2) is 18.2 Å². The molecule has 21 heavy (non-hydrogen) atoms. The van der Waals surface area contributed by atoms with Crippen molar-refractivity contribution in [1.29, 1.82) is 0 Å². The van der Waals surface area contributed by atoms with Crippen molar-refractivity contribution in [2.24, 2.45) is 0 Å². The lowest BCUT2D eigenvalue weighted by Gasteiger charge is -2.17. The smallest absolute Gasteiger partial charge is 0.161 e. The van der Waals surface area contributed by atoms with E-state index >= 15 is 0 Å². The number of hydrogen-bond acceptors (Lipinski definition) is 4. The maximum atomic E-state index is 8.82. The van der Waals surface area contributed by atoms with Crippen LogP contribution in [0.25, 0.3) is 0 Å². The number of hydrogen-bond donors (Lipinski definition) is 2. The van der Waals surface area contributed by atoms with Crippen LogP contribution in [-0.4, -0.2) is 31.5 Å². The SMILES string of the molecule is COc1cc(CNC2CCCCCC2)ccc1OCCO. The Hall–Kier alpha value is -1.26. The fourth-order valence-corrected chi connectivity index (χ4v) is 2.84. The van der Waals surface area contributed by atoms with E-state index < -0.39 is 0 Å². The van der Waals surface area contributed by atoms with Crippen LogP contribution in [0.2, 0.25) is 0 Å². The molecule has 0 amide bonds. The average molecular weight is 293 g/mol. The first kappa shape index (κ1) is 16.1. The Balaban J connectivity index is 1.90. The largest absolute Gasteiger partial charge is 0.493 e. The van der Waals surface area contributed by atoms with Gasteiger partial charge < -0.3 is 19.9 Å². The van der Waals surface area contributed by atoms with Crippen molar-refractivity contribution in [1.82, 2.24) is 5.32 Å². The van der Waals surface area contributed by atoms with Crippen LogP contribution >= 0.6 is 0 Å². The molecule has 1 saturated carbocycles. The summed E-state index contributed by atoms with van der Waals surface area (Å²) in [6, 6.07) is 6.62. The molecule has 1 aliphatic rings.